The zero-order valence-corrected chi connectivity index (χ0v) is 18.2. The summed E-state index contributed by atoms with van der Waals surface area (Å²) >= 11 is 0. The van der Waals surface area contributed by atoms with E-state index in [0.29, 0.717) is 19.8 Å². The molecular formula is C22H37FN4O2. The summed E-state index contributed by atoms with van der Waals surface area (Å²) in [7, 11) is 3.85. The van der Waals surface area contributed by atoms with Gasteiger partial charge >= 0.3 is 0 Å². The lowest BCUT2D eigenvalue weighted by molar-refractivity contribution is 0.0530. The van der Waals surface area contributed by atoms with Gasteiger partial charge in [-0.25, -0.2) is 4.39 Å². The normalized spacial score (nSPS) is 16.8. The van der Waals surface area contributed by atoms with Crippen molar-refractivity contribution < 1.29 is 13.9 Å². The standard InChI is InChI=1S/C22H37FN4O2/c1-4-24-21(25-11-13-27(2)12-6-14-28-3)26-18-22(9-15-29-16-10-22)19-7-5-8-20(23)17-19/h5,7-8,17H,4,6,9-16,18H2,1-3H3,(H2,24,25,26). The number of hydrogen-bond acceptors (Lipinski definition) is 4. The first-order chi connectivity index (χ1) is 14.1. The van der Waals surface area contributed by atoms with Gasteiger partial charge in [-0.1, -0.05) is 12.1 Å². The highest BCUT2D eigenvalue weighted by Crippen LogP contribution is 2.35. The zero-order valence-electron chi connectivity index (χ0n) is 18.2. The fraction of sp³-hybridized carbons (Fsp3) is 0.682. The molecule has 1 aromatic rings. The van der Waals surface area contributed by atoms with E-state index in [0.717, 1.165) is 63.6 Å². The zero-order chi connectivity index (χ0) is 21.0. The number of nitrogens with one attached hydrogen (secondary N) is 2. The van der Waals surface area contributed by atoms with Crippen LogP contribution in [0.2, 0.25) is 0 Å². The molecule has 2 rings (SSSR count). The van der Waals surface area contributed by atoms with Gasteiger partial charge in [-0.3, -0.25) is 4.99 Å². The van der Waals surface area contributed by atoms with Crippen molar-refractivity contribution in [3.05, 3.63) is 35.6 Å². The van der Waals surface area contributed by atoms with Gasteiger partial charge in [-0.15, -0.1) is 0 Å². The van der Waals surface area contributed by atoms with Gasteiger partial charge in [0.25, 0.3) is 0 Å². The van der Waals surface area contributed by atoms with Crippen molar-refractivity contribution in [1.29, 1.82) is 0 Å². The molecule has 0 bridgehead atoms. The number of nitrogens with zero attached hydrogens (tertiary/aromatic N) is 2. The summed E-state index contributed by atoms with van der Waals surface area (Å²) in [6.07, 6.45) is 2.72. The number of likely N-dealkylation sites (N-methyl/N-ethyl adjacent to an activating group) is 1. The molecule has 7 heteroatoms. The highest BCUT2D eigenvalue weighted by Gasteiger charge is 2.34. The van der Waals surface area contributed by atoms with Crippen molar-refractivity contribution in [3.8, 4) is 0 Å². The van der Waals surface area contributed by atoms with Crippen molar-refractivity contribution >= 4 is 5.96 Å². The summed E-state index contributed by atoms with van der Waals surface area (Å²) in [5.74, 6) is 0.610. The van der Waals surface area contributed by atoms with Crippen LogP contribution < -0.4 is 10.6 Å². The third-order valence-corrected chi connectivity index (χ3v) is 5.45. The molecule has 0 unspecified atom stereocenters. The van der Waals surface area contributed by atoms with E-state index in [1.165, 1.54) is 6.07 Å². The van der Waals surface area contributed by atoms with Crippen molar-refractivity contribution in [3.63, 3.8) is 0 Å². The molecule has 1 fully saturated rings. The Kier molecular flexibility index (Phi) is 10.4. The second-order valence-corrected chi connectivity index (χ2v) is 7.67. The van der Waals surface area contributed by atoms with E-state index in [-0.39, 0.29) is 11.2 Å². The van der Waals surface area contributed by atoms with E-state index in [4.69, 9.17) is 14.5 Å². The fourth-order valence-corrected chi connectivity index (χ4v) is 3.65. The Balaban J connectivity index is 1.98. The fourth-order valence-electron chi connectivity index (χ4n) is 3.65. The van der Waals surface area contributed by atoms with Gasteiger partial charge in [0.15, 0.2) is 5.96 Å². The minimum absolute atomic E-state index is 0.181. The van der Waals surface area contributed by atoms with Gasteiger partial charge in [0.05, 0.1) is 6.54 Å². The third kappa shape index (κ3) is 7.91. The summed E-state index contributed by atoms with van der Waals surface area (Å²) in [6.45, 7) is 8.36. The first kappa shape index (κ1) is 23.6. The summed E-state index contributed by atoms with van der Waals surface area (Å²) < 4.78 is 24.5. The van der Waals surface area contributed by atoms with Crippen LogP contribution in [0, 0.1) is 5.82 Å². The summed E-state index contributed by atoms with van der Waals surface area (Å²) in [5, 5.41) is 6.75. The minimum atomic E-state index is -0.195. The number of guanidine groups is 1. The number of methoxy groups -OCH3 is 1. The van der Waals surface area contributed by atoms with E-state index in [9.17, 15) is 4.39 Å². The van der Waals surface area contributed by atoms with Gasteiger partial charge in [-0.05, 0) is 50.9 Å². The number of aliphatic imine (C=N–C) groups is 1. The Hall–Kier alpha value is -1.70. The molecule has 29 heavy (non-hydrogen) atoms. The Labute approximate surface area is 174 Å². The minimum Gasteiger partial charge on any atom is -0.385 e. The number of rotatable bonds is 11. The molecule has 6 nitrogen and oxygen atoms in total. The van der Waals surface area contributed by atoms with Crippen molar-refractivity contribution in [2.75, 3.05) is 66.7 Å². The van der Waals surface area contributed by atoms with Crippen LogP contribution in [0.25, 0.3) is 0 Å². The van der Waals surface area contributed by atoms with Crippen LogP contribution in [0.1, 0.15) is 31.7 Å². The topological polar surface area (TPSA) is 58.1 Å². The van der Waals surface area contributed by atoms with Gasteiger partial charge in [0.1, 0.15) is 5.82 Å². The maximum absolute atomic E-state index is 13.9. The van der Waals surface area contributed by atoms with Crippen molar-refractivity contribution in [2.45, 2.75) is 31.6 Å². The monoisotopic (exact) mass is 408 g/mol. The molecular weight excluding hydrogens is 371 g/mol. The summed E-state index contributed by atoms with van der Waals surface area (Å²) in [6, 6.07) is 6.94. The predicted octanol–water partition coefficient (Wildman–Crippen LogP) is 2.40. The van der Waals surface area contributed by atoms with E-state index < -0.39 is 0 Å². The lowest BCUT2D eigenvalue weighted by atomic mass is 9.74. The first-order valence-electron chi connectivity index (χ1n) is 10.6. The predicted molar refractivity (Wildman–Crippen MR) is 116 cm³/mol. The maximum Gasteiger partial charge on any atom is 0.191 e. The molecule has 1 heterocycles. The smallest absolute Gasteiger partial charge is 0.191 e. The highest BCUT2D eigenvalue weighted by atomic mass is 19.1. The van der Waals surface area contributed by atoms with Crippen LogP contribution in [-0.4, -0.2) is 77.6 Å². The van der Waals surface area contributed by atoms with Crippen LogP contribution in [0.15, 0.2) is 29.3 Å². The van der Waals surface area contributed by atoms with Gasteiger partial charge in [0.2, 0.25) is 0 Å². The molecule has 2 N–H and O–H groups in total. The molecule has 0 saturated carbocycles. The quantitative estimate of drug-likeness (QED) is 0.335. The highest BCUT2D eigenvalue weighted by molar-refractivity contribution is 5.79. The lowest BCUT2D eigenvalue weighted by Gasteiger charge is -2.36. The Morgan fingerprint density at radius 1 is 1.28 bits per heavy atom. The van der Waals surface area contributed by atoms with Crippen molar-refractivity contribution in [1.82, 2.24) is 15.5 Å². The molecule has 1 aromatic carbocycles. The first-order valence-corrected chi connectivity index (χ1v) is 10.6. The second kappa shape index (κ2) is 12.8. The Morgan fingerprint density at radius 3 is 2.76 bits per heavy atom. The maximum atomic E-state index is 13.9. The second-order valence-electron chi connectivity index (χ2n) is 7.67. The van der Waals surface area contributed by atoms with E-state index >= 15 is 0 Å². The molecule has 1 aliphatic heterocycles. The SMILES string of the molecule is CCNC(=NCC1(c2cccc(F)c2)CCOCC1)NCCN(C)CCCOC. The van der Waals surface area contributed by atoms with Gasteiger partial charge in [-0.2, -0.15) is 0 Å². The molecule has 0 spiro atoms. The van der Waals surface area contributed by atoms with Gasteiger partial charge in [0, 0.05) is 58.5 Å². The molecule has 0 aliphatic carbocycles. The van der Waals surface area contributed by atoms with Crippen LogP contribution in [-0.2, 0) is 14.9 Å². The van der Waals surface area contributed by atoms with Crippen LogP contribution in [0.5, 0.6) is 0 Å². The number of benzene rings is 1. The molecule has 0 atom stereocenters. The molecule has 0 radical (unpaired) electrons. The molecule has 164 valence electrons. The van der Waals surface area contributed by atoms with Crippen molar-refractivity contribution in [2.24, 2.45) is 4.99 Å². The third-order valence-electron chi connectivity index (χ3n) is 5.45. The lowest BCUT2D eigenvalue weighted by Crippen LogP contribution is -2.43. The molecule has 0 amide bonds. The van der Waals surface area contributed by atoms with Crippen LogP contribution in [0.3, 0.4) is 0 Å². The van der Waals surface area contributed by atoms with E-state index in [1.54, 1.807) is 19.2 Å². The largest absolute Gasteiger partial charge is 0.385 e. The number of hydrogen-bond donors (Lipinski definition) is 2. The number of ether oxygens (including phenoxy) is 2. The summed E-state index contributed by atoms with van der Waals surface area (Å²) in [5.41, 5.74) is 0.831. The molecule has 0 aromatic heterocycles. The number of halogens is 1. The molecule has 1 saturated heterocycles. The average Bonchev–Trinajstić information content (AvgIpc) is 2.73. The van der Waals surface area contributed by atoms with Crippen LogP contribution in [0.4, 0.5) is 4.39 Å². The van der Waals surface area contributed by atoms with Crippen LogP contribution >= 0.6 is 0 Å². The Morgan fingerprint density at radius 2 is 2.07 bits per heavy atom. The summed E-state index contributed by atoms with van der Waals surface area (Å²) in [4.78, 5) is 7.15. The van der Waals surface area contributed by atoms with E-state index in [1.807, 2.05) is 6.07 Å². The average molecular weight is 409 g/mol. The van der Waals surface area contributed by atoms with E-state index in [2.05, 4.69) is 29.5 Å². The molecule has 1 aliphatic rings. The van der Waals surface area contributed by atoms with Gasteiger partial charge < -0.3 is 25.0 Å². The Bertz CT molecular complexity index is 621.